The number of hydrogen-bond acceptors (Lipinski definition) is 4. The molecule has 0 amide bonds. The minimum absolute atomic E-state index is 0.946. The van der Waals surface area contributed by atoms with E-state index >= 15 is 0 Å². The summed E-state index contributed by atoms with van der Waals surface area (Å²) >= 11 is 0. The maximum atomic E-state index is 4.88. The van der Waals surface area contributed by atoms with Gasteiger partial charge >= 0.3 is 0 Å². The van der Waals surface area contributed by atoms with Gasteiger partial charge in [0.15, 0.2) is 0 Å². The molecule has 4 nitrogen and oxygen atoms in total. The highest BCUT2D eigenvalue weighted by Gasteiger charge is 2.14. The van der Waals surface area contributed by atoms with E-state index in [0.29, 0.717) is 0 Å². The van der Waals surface area contributed by atoms with Gasteiger partial charge < -0.3 is 9.80 Å². The molecule has 2 aromatic carbocycles. The molecule has 2 aliphatic heterocycles. The van der Waals surface area contributed by atoms with Crippen LogP contribution in [0.25, 0.3) is 0 Å². The van der Waals surface area contributed by atoms with E-state index in [1.165, 1.54) is 75.8 Å². The average Bonchev–Trinajstić information content (AvgIpc) is 2.88. The lowest BCUT2D eigenvalue weighted by Crippen LogP contribution is -2.32. The quantitative estimate of drug-likeness (QED) is 0.381. The lowest BCUT2D eigenvalue weighted by molar-refractivity contribution is 0.235. The Balaban J connectivity index is 1.52. The second-order valence-electron chi connectivity index (χ2n) is 9.13. The number of rotatable bonds is 9. The number of nitrogens with zero attached hydrogens (tertiary/aromatic N) is 4. The Labute approximate surface area is 194 Å². The molecule has 32 heavy (non-hydrogen) atoms. The van der Waals surface area contributed by atoms with Crippen molar-refractivity contribution in [3.63, 3.8) is 0 Å². The molecule has 2 saturated heterocycles. The minimum Gasteiger partial charge on any atom is -0.303 e. The fraction of sp³-hybridized carbons (Fsp3) is 0.500. The standard InChI is InChI=1S/C28H38N4/c1-5-13-25(14-6-1)27(17-23-31-19-9-3-10-20-31)29-30-28(26-15-7-2-8-16-26)18-24-32-21-11-4-12-22-32/h1-2,5-8,13-16H,3-4,9-12,17-24H2/b29-27-,30-28-. The van der Waals surface area contributed by atoms with Crippen molar-refractivity contribution >= 4 is 11.4 Å². The molecule has 0 aliphatic carbocycles. The first-order valence-electron chi connectivity index (χ1n) is 12.6. The number of likely N-dealkylation sites (tertiary alicyclic amines) is 2. The molecule has 2 heterocycles. The summed E-state index contributed by atoms with van der Waals surface area (Å²) < 4.78 is 0. The molecule has 4 heteroatoms. The van der Waals surface area contributed by atoms with Crippen LogP contribution in [0.1, 0.15) is 62.5 Å². The Kier molecular flexibility index (Phi) is 9.05. The highest BCUT2D eigenvalue weighted by molar-refractivity contribution is 6.03. The van der Waals surface area contributed by atoms with Crippen LogP contribution in [-0.2, 0) is 0 Å². The van der Waals surface area contributed by atoms with Gasteiger partial charge in [0.05, 0.1) is 11.4 Å². The molecule has 0 atom stereocenters. The predicted octanol–water partition coefficient (Wildman–Crippen LogP) is 5.63. The van der Waals surface area contributed by atoms with Crippen molar-refractivity contribution in [3.8, 4) is 0 Å². The second kappa shape index (κ2) is 12.7. The lowest BCUT2D eigenvalue weighted by Gasteiger charge is -2.26. The number of hydrogen-bond donors (Lipinski definition) is 0. The summed E-state index contributed by atoms with van der Waals surface area (Å²) in [7, 11) is 0. The largest absolute Gasteiger partial charge is 0.303 e. The maximum Gasteiger partial charge on any atom is 0.0715 e. The summed E-state index contributed by atoms with van der Waals surface area (Å²) in [6.45, 7) is 7.01. The van der Waals surface area contributed by atoms with Crippen molar-refractivity contribution in [1.29, 1.82) is 0 Å². The van der Waals surface area contributed by atoms with E-state index < -0.39 is 0 Å². The zero-order valence-electron chi connectivity index (χ0n) is 19.5. The van der Waals surface area contributed by atoms with E-state index in [1.54, 1.807) is 0 Å². The van der Waals surface area contributed by atoms with Gasteiger partial charge in [0.25, 0.3) is 0 Å². The highest BCUT2D eigenvalue weighted by atomic mass is 15.2. The topological polar surface area (TPSA) is 31.2 Å². The summed E-state index contributed by atoms with van der Waals surface area (Å²) in [6.07, 6.45) is 9.93. The van der Waals surface area contributed by atoms with Crippen molar-refractivity contribution in [3.05, 3.63) is 71.8 Å². The smallest absolute Gasteiger partial charge is 0.0715 e. The molecule has 0 unspecified atom stereocenters. The number of piperidine rings is 2. The lowest BCUT2D eigenvalue weighted by atomic mass is 10.1. The summed E-state index contributed by atoms with van der Waals surface area (Å²) in [5, 5.41) is 9.76. The van der Waals surface area contributed by atoms with Crippen LogP contribution in [0.5, 0.6) is 0 Å². The monoisotopic (exact) mass is 430 g/mol. The third-order valence-corrected chi connectivity index (χ3v) is 6.73. The van der Waals surface area contributed by atoms with Crippen molar-refractivity contribution in [2.75, 3.05) is 39.3 Å². The molecule has 4 rings (SSSR count). The molecule has 170 valence electrons. The van der Waals surface area contributed by atoms with E-state index in [9.17, 15) is 0 Å². The van der Waals surface area contributed by atoms with E-state index in [-0.39, 0.29) is 0 Å². The van der Waals surface area contributed by atoms with Gasteiger partial charge in [-0.15, -0.1) is 0 Å². The Bertz CT molecular complexity index is 774. The van der Waals surface area contributed by atoms with Crippen LogP contribution in [0.2, 0.25) is 0 Å². The SMILES string of the molecule is c1ccc(/C(CCN2CCCCC2)=N\N=C(\CCN2CCCCC2)c2ccccc2)cc1. The molecule has 0 bridgehead atoms. The van der Waals surface area contributed by atoms with Crippen LogP contribution < -0.4 is 0 Å². The molecule has 2 fully saturated rings. The van der Waals surface area contributed by atoms with Crippen LogP contribution in [0, 0.1) is 0 Å². The van der Waals surface area contributed by atoms with Crippen molar-refractivity contribution in [2.24, 2.45) is 10.2 Å². The Morgan fingerprint density at radius 2 is 0.906 bits per heavy atom. The summed E-state index contributed by atoms with van der Waals surface area (Å²) in [6, 6.07) is 21.2. The molecule has 0 N–H and O–H groups in total. The van der Waals surface area contributed by atoms with Crippen LogP contribution in [0.4, 0.5) is 0 Å². The van der Waals surface area contributed by atoms with Gasteiger partial charge in [-0.05, 0) is 63.0 Å². The zero-order valence-corrected chi connectivity index (χ0v) is 19.5. The maximum absolute atomic E-state index is 4.88. The van der Waals surface area contributed by atoms with Crippen molar-refractivity contribution in [2.45, 2.75) is 51.4 Å². The predicted molar refractivity (Wildman–Crippen MR) is 136 cm³/mol. The Hall–Kier alpha value is -2.30. The summed E-state index contributed by atoms with van der Waals surface area (Å²) in [4.78, 5) is 5.17. The molecule has 0 spiro atoms. The first-order chi connectivity index (χ1) is 15.9. The fourth-order valence-corrected chi connectivity index (χ4v) is 4.78. The van der Waals surface area contributed by atoms with E-state index in [2.05, 4.69) is 70.5 Å². The Morgan fingerprint density at radius 1 is 0.531 bits per heavy atom. The third-order valence-electron chi connectivity index (χ3n) is 6.73. The van der Waals surface area contributed by atoms with E-state index in [0.717, 1.165) is 37.4 Å². The fourth-order valence-electron chi connectivity index (χ4n) is 4.78. The summed E-state index contributed by atoms with van der Waals surface area (Å²) in [5.74, 6) is 0. The van der Waals surface area contributed by atoms with Gasteiger partial charge in [-0.25, -0.2) is 0 Å². The molecule has 0 radical (unpaired) electrons. The normalized spacial score (nSPS) is 19.2. The Morgan fingerprint density at radius 3 is 1.28 bits per heavy atom. The molecule has 2 aromatic rings. The second-order valence-corrected chi connectivity index (χ2v) is 9.13. The first kappa shape index (κ1) is 22.9. The van der Waals surface area contributed by atoms with Gasteiger partial charge in [0, 0.05) is 25.9 Å². The zero-order chi connectivity index (χ0) is 21.8. The average molecular weight is 431 g/mol. The van der Waals surface area contributed by atoms with Gasteiger partial charge in [-0.3, -0.25) is 0 Å². The van der Waals surface area contributed by atoms with Gasteiger partial charge in [-0.1, -0.05) is 73.5 Å². The molecule has 0 aromatic heterocycles. The van der Waals surface area contributed by atoms with Crippen LogP contribution >= 0.6 is 0 Å². The highest BCUT2D eigenvalue weighted by Crippen LogP contribution is 2.14. The number of benzene rings is 2. The molecular formula is C28H38N4. The molecule has 0 saturated carbocycles. The molecule has 2 aliphatic rings. The van der Waals surface area contributed by atoms with Gasteiger partial charge in [0.2, 0.25) is 0 Å². The van der Waals surface area contributed by atoms with Crippen molar-refractivity contribution in [1.82, 2.24) is 9.80 Å². The first-order valence-corrected chi connectivity index (χ1v) is 12.6. The van der Waals surface area contributed by atoms with Gasteiger partial charge in [-0.2, -0.15) is 10.2 Å². The van der Waals surface area contributed by atoms with Crippen LogP contribution in [0.15, 0.2) is 70.9 Å². The minimum atomic E-state index is 0.946. The molecular weight excluding hydrogens is 392 g/mol. The van der Waals surface area contributed by atoms with Crippen LogP contribution in [0.3, 0.4) is 0 Å². The third kappa shape index (κ3) is 7.11. The van der Waals surface area contributed by atoms with Crippen LogP contribution in [-0.4, -0.2) is 60.5 Å². The van der Waals surface area contributed by atoms with Crippen molar-refractivity contribution < 1.29 is 0 Å². The summed E-state index contributed by atoms with van der Waals surface area (Å²) in [5.41, 5.74) is 4.58. The van der Waals surface area contributed by atoms with E-state index in [1.807, 2.05) is 0 Å². The van der Waals surface area contributed by atoms with Gasteiger partial charge in [0.1, 0.15) is 0 Å². The van der Waals surface area contributed by atoms with E-state index in [4.69, 9.17) is 10.2 Å².